The zero-order chi connectivity index (χ0) is 21.7. The van der Waals surface area contributed by atoms with Crippen molar-refractivity contribution in [3.8, 4) is 0 Å². The van der Waals surface area contributed by atoms with Gasteiger partial charge in [-0.05, 0) is 44.4 Å². The van der Waals surface area contributed by atoms with Gasteiger partial charge in [-0.1, -0.05) is 13.8 Å². The molecule has 0 unspecified atom stereocenters. The fourth-order valence-electron chi connectivity index (χ4n) is 3.68. The monoisotopic (exact) mass is 413 g/mol. The summed E-state index contributed by atoms with van der Waals surface area (Å²) in [7, 11) is 0. The molecule has 1 fully saturated rings. The number of rotatable bonds is 8. The molecule has 0 saturated carbocycles. The van der Waals surface area contributed by atoms with Gasteiger partial charge in [-0.2, -0.15) is 0 Å². The lowest BCUT2D eigenvalue weighted by Gasteiger charge is -2.28. The van der Waals surface area contributed by atoms with Crippen molar-refractivity contribution in [1.29, 1.82) is 0 Å². The van der Waals surface area contributed by atoms with Gasteiger partial charge in [0, 0.05) is 42.8 Å². The second-order valence-electron chi connectivity index (χ2n) is 8.09. The van der Waals surface area contributed by atoms with Crippen LogP contribution < -0.4 is 4.90 Å². The van der Waals surface area contributed by atoms with E-state index in [1.165, 1.54) is 0 Å². The van der Waals surface area contributed by atoms with E-state index in [1.54, 1.807) is 18.3 Å². The highest BCUT2D eigenvalue weighted by Crippen LogP contribution is 2.21. The molecule has 2 aromatic rings. The van der Waals surface area contributed by atoms with Crippen LogP contribution in [0.4, 0.5) is 5.82 Å². The minimum atomic E-state index is -0.536. The van der Waals surface area contributed by atoms with Gasteiger partial charge in [0.15, 0.2) is 6.61 Å². The molecule has 3 heterocycles. The summed E-state index contributed by atoms with van der Waals surface area (Å²) in [5.41, 5.74) is 2.95. The van der Waals surface area contributed by atoms with E-state index in [2.05, 4.69) is 23.4 Å². The highest BCUT2D eigenvalue weighted by molar-refractivity contribution is 6.01. The number of ether oxygens (including phenoxy) is 2. The maximum atomic E-state index is 12.8. The number of Topliss-reactive ketones (excluding diaryl/α,β-unsaturated/α-hetero) is 1. The summed E-state index contributed by atoms with van der Waals surface area (Å²) in [6.07, 6.45) is 2.70. The van der Waals surface area contributed by atoms with E-state index in [0.29, 0.717) is 49.2 Å². The second kappa shape index (κ2) is 9.89. The predicted octanol–water partition coefficient (Wildman–Crippen LogP) is 3.42. The molecule has 3 rings (SSSR count). The molecule has 0 aliphatic carbocycles. The third kappa shape index (κ3) is 5.08. The van der Waals surface area contributed by atoms with E-state index in [9.17, 15) is 9.59 Å². The molecule has 1 aliphatic heterocycles. The third-order valence-corrected chi connectivity index (χ3v) is 5.46. The van der Waals surface area contributed by atoms with Crippen molar-refractivity contribution >= 4 is 17.6 Å². The molecule has 0 bridgehead atoms. The summed E-state index contributed by atoms with van der Waals surface area (Å²) in [5, 5.41) is 0. The van der Waals surface area contributed by atoms with Crippen molar-refractivity contribution in [2.24, 2.45) is 5.92 Å². The Balaban J connectivity index is 1.67. The smallest absolute Gasteiger partial charge is 0.342 e. The Bertz CT molecular complexity index is 898. The largest absolute Gasteiger partial charge is 0.454 e. The molecule has 30 heavy (non-hydrogen) atoms. The molecule has 0 atom stereocenters. The maximum absolute atomic E-state index is 12.8. The Hall–Kier alpha value is -2.67. The number of pyridine rings is 1. The molecule has 7 nitrogen and oxygen atoms in total. The van der Waals surface area contributed by atoms with Crippen molar-refractivity contribution in [2.45, 2.75) is 40.7 Å². The number of hydrogen-bond donors (Lipinski definition) is 0. The van der Waals surface area contributed by atoms with Gasteiger partial charge in [0.25, 0.3) is 0 Å². The van der Waals surface area contributed by atoms with Gasteiger partial charge in [-0.25, -0.2) is 9.78 Å². The van der Waals surface area contributed by atoms with E-state index < -0.39 is 5.97 Å². The van der Waals surface area contributed by atoms with Gasteiger partial charge in [0.05, 0.1) is 13.2 Å². The lowest BCUT2D eigenvalue weighted by Crippen LogP contribution is -2.37. The fraction of sp³-hybridized carbons (Fsp3) is 0.522. The van der Waals surface area contributed by atoms with Gasteiger partial charge < -0.3 is 18.9 Å². The number of nitrogens with zero attached hydrogens (tertiary/aromatic N) is 3. The number of carbonyl (C=O) groups is 2. The first-order valence-electron chi connectivity index (χ1n) is 10.5. The second-order valence-corrected chi connectivity index (χ2v) is 8.09. The predicted molar refractivity (Wildman–Crippen MR) is 115 cm³/mol. The molecule has 0 radical (unpaired) electrons. The van der Waals surface area contributed by atoms with E-state index in [0.717, 1.165) is 24.4 Å². The highest BCUT2D eigenvalue weighted by Gasteiger charge is 2.23. The van der Waals surface area contributed by atoms with Crippen LogP contribution in [0.5, 0.6) is 0 Å². The lowest BCUT2D eigenvalue weighted by atomic mass is 10.1. The van der Waals surface area contributed by atoms with Gasteiger partial charge in [-0.15, -0.1) is 0 Å². The van der Waals surface area contributed by atoms with Crippen LogP contribution in [0.15, 0.2) is 24.4 Å². The summed E-state index contributed by atoms with van der Waals surface area (Å²) in [5.74, 6) is 0.437. The summed E-state index contributed by atoms with van der Waals surface area (Å²) in [6, 6.07) is 5.27. The zero-order valence-corrected chi connectivity index (χ0v) is 18.3. The SMILES string of the molecule is Cc1cc(C(=O)COC(=O)c2cccnc2N2CCOCC2)c(C)n1CCC(C)C. The van der Waals surface area contributed by atoms with E-state index in [4.69, 9.17) is 9.47 Å². The molecule has 7 heteroatoms. The Kier molecular flexibility index (Phi) is 7.26. The number of aryl methyl sites for hydroxylation is 1. The first kappa shape index (κ1) is 22.0. The van der Waals surface area contributed by atoms with Crippen LogP contribution in [0.2, 0.25) is 0 Å². The average Bonchev–Trinajstić information content (AvgIpc) is 3.04. The number of anilines is 1. The summed E-state index contributed by atoms with van der Waals surface area (Å²) in [6.45, 7) is 11.4. The highest BCUT2D eigenvalue weighted by atomic mass is 16.5. The van der Waals surface area contributed by atoms with Crippen molar-refractivity contribution in [3.63, 3.8) is 0 Å². The average molecular weight is 414 g/mol. The molecular weight excluding hydrogens is 382 g/mol. The standard InChI is InChI=1S/C23H31N3O4/c1-16(2)7-9-26-17(3)14-20(18(26)4)21(27)15-30-23(28)19-6-5-8-24-22(19)25-10-12-29-13-11-25/h5-6,8,14,16H,7,9-13,15H2,1-4H3. The number of ketones is 1. The fourth-order valence-corrected chi connectivity index (χ4v) is 3.68. The lowest BCUT2D eigenvalue weighted by molar-refractivity contribution is 0.0474. The Morgan fingerprint density at radius 2 is 1.93 bits per heavy atom. The van der Waals surface area contributed by atoms with E-state index in [1.807, 2.05) is 24.8 Å². The molecule has 2 aromatic heterocycles. The minimum absolute atomic E-state index is 0.191. The number of aromatic nitrogens is 2. The normalized spacial score (nSPS) is 14.2. The minimum Gasteiger partial charge on any atom is -0.454 e. The van der Waals surface area contributed by atoms with Crippen molar-refractivity contribution in [2.75, 3.05) is 37.8 Å². The molecule has 0 N–H and O–H groups in total. The van der Waals surface area contributed by atoms with Crippen LogP contribution in [-0.4, -0.2) is 54.2 Å². The van der Waals surface area contributed by atoms with Crippen molar-refractivity contribution < 1.29 is 19.1 Å². The molecule has 0 aromatic carbocycles. The van der Waals surface area contributed by atoms with Gasteiger partial charge in [-0.3, -0.25) is 4.79 Å². The first-order chi connectivity index (χ1) is 14.4. The van der Waals surface area contributed by atoms with Crippen LogP contribution >= 0.6 is 0 Å². The van der Waals surface area contributed by atoms with Crippen molar-refractivity contribution in [3.05, 3.63) is 46.9 Å². The summed E-state index contributed by atoms with van der Waals surface area (Å²) in [4.78, 5) is 31.8. The maximum Gasteiger partial charge on any atom is 0.342 e. The van der Waals surface area contributed by atoms with Crippen LogP contribution in [0, 0.1) is 19.8 Å². The topological polar surface area (TPSA) is 73.7 Å². The Morgan fingerprint density at radius 1 is 1.20 bits per heavy atom. The molecule has 162 valence electrons. The number of esters is 1. The Labute approximate surface area is 178 Å². The van der Waals surface area contributed by atoms with Gasteiger partial charge in [0.1, 0.15) is 11.4 Å². The number of hydrogen-bond acceptors (Lipinski definition) is 6. The molecule has 1 aliphatic rings. The summed E-state index contributed by atoms with van der Waals surface area (Å²) < 4.78 is 12.9. The van der Waals surface area contributed by atoms with Crippen LogP contribution in [0.1, 0.15) is 52.4 Å². The quantitative estimate of drug-likeness (QED) is 0.488. The van der Waals surface area contributed by atoms with Gasteiger partial charge >= 0.3 is 5.97 Å². The van der Waals surface area contributed by atoms with Crippen LogP contribution in [-0.2, 0) is 16.0 Å². The van der Waals surface area contributed by atoms with E-state index in [-0.39, 0.29) is 12.4 Å². The van der Waals surface area contributed by atoms with Crippen LogP contribution in [0.3, 0.4) is 0 Å². The van der Waals surface area contributed by atoms with E-state index >= 15 is 0 Å². The van der Waals surface area contributed by atoms with Gasteiger partial charge in [0.2, 0.25) is 5.78 Å². The first-order valence-corrected chi connectivity index (χ1v) is 10.5. The molecule has 0 amide bonds. The number of carbonyl (C=O) groups excluding carboxylic acids is 2. The molecule has 0 spiro atoms. The number of morpholine rings is 1. The summed E-state index contributed by atoms with van der Waals surface area (Å²) >= 11 is 0. The van der Waals surface area contributed by atoms with Crippen molar-refractivity contribution in [1.82, 2.24) is 9.55 Å². The zero-order valence-electron chi connectivity index (χ0n) is 18.3. The van der Waals surface area contributed by atoms with Crippen LogP contribution in [0.25, 0.3) is 0 Å². The third-order valence-electron chi connectivity index (χ3n) is 5.46. The molecular formula is C23H31N3O4. The molecule has 1 saturated heterocycles. The Morgan fingerprint density at radius 3 is 2.63 bits per heavy atom.